The van der Waals surface area contributed by atoms with E-state index < -0.39 is 9.84 Å². The molecule has 0 aromatic heterocycles. The summed E-state index contributed by atoms with van der Waals surface area (Å²) in [7, 11) is -1.21. The van der Waals surface area contributed by atoms with E-state index in [-0.39, 0.29) is 23.5 Å². The Bertz CT molecular complexity index is 374. The van der Waals surface area contributed by atoms with Crippen molar-refractivity contribution >= 4 is 15.7 Å². The van der Waals surface area contributed by atoms with Crippen LogP contribution in [0.25, 0.3) is 0 Å². The average Bonchev–Trinajstić information content (AvgIpc) is 2.51. The highest BCUT2D eigenvalue weighted by Gasteiger charge is 2.33. The monoisotopic (exact) mass is 247 g/mol. The number of sulfone groups is 1. The van der Waals surface area contributed by atoms with Crippen molar-refractivity contribution in [2.45, 2.75) is 18.9 Å². The van der Waals surface area contributed by atoms with E-state index >= 15 is 0 Å². The van der Waals surface area contributed by atoms with Gasteiger partial charge in [0.1, 0.15) is 0 Å². The number of amides is 1. The van der Waals surface area contributed by atoms with Crippen LogP contribution in [0.5, 0.6) is 0 Å². The van der Waals surface area contributed by atoms with Crippen molar-refractivity contribution < 1.29 is 17.9 Å². The van der Waals surface area contributed by atoms with Crippen molar-refractivity contribution in [1.82, 2.24) is 4.90 Å². The second-order valence-electron chi connectivity index (χ2n) is 4.67. The van der Waals surface area contributed by atoms with Gasteiger partial charge in [-0.15, -0.1) is 0 Å². The van der Waals surface area contributed by atoms with Crippen LogP contribution in [0.2, 0.25) is 0 Å². The molecular formula is C10H17NO4S. The van der Waals surface area contributed by atoms with Gasteiger partial charge in [-0.05, 0) is 6.42 Å². The lowest BCUT2D eigenvalue weighted by molar-refractivity contribution is -0.137. The summed E-state index contributed by atoms with van der Waals surface area (Å²) in [6.07, 6.45) is 1.05. The minimum atomic E-state index is -2.91. The van der Waals surface area contributed by atoms with Gasteiger partial charge in [-0.1, -0.05) is 0 Å². The molecule has 0 radical (unpaired) electrons. The van der Waals surface area contributed by atoms with Crippen molar-refractivity contribution in [3.05, 3.63) is 0 Å². The Morgan fingerprint density at radius 2 is 2.12 bits per heavy atom. The maximum Gasteiger partial charge on any atom is 0.223 e. The lowest BCUT2D eigenvalue weighted by Crippen LogP contribution is -2.41. The zero-order chi connectivity index (χ0) is 11.8. The van der Waals surface area contributed by atoms with Crippen LogP contribution in [0.4, 0.5) is 0 Å². The van der Waals surface area contributed by atoms with Crippen molar-refractivity contribution in [3.63, 3.8) is 0 Å². The summed E-state index contributed by atoms with van der Waals surface area (Å²) in [4.78, 5) is 13.4. The average molecular weight is 247 g/mol. The fraction of sp³-hybridized carbons (Fsp3) is 0.900. The van der Waals surface area contributed by atoms with Crippen LogP contribution in [0.1, 0.15) is 12.8 Å². The van der Waals surface area contributed by atoms with E-state index in [1.807, 2.05) is 0 Å². The first-order chi connectivity index (χ1) is 7.48. The minimum absolute atomic E-state index is 0.0374. The van der Waals surface area contributed by atoms with Gasteiger partial charge in [-0.2, -0.15) is 0 Å². The standard InChI is InChI=1S/C10H17NO4S/c1-11(9-2-3-16(13,14)7-9)10(12)4-8-5-15-6-8/h8-9H,2-7H2,1H3. The number of hydrogen-bond acceptors (Lipinski definition) is 4. The molecule has 2 aliphatic rings. The number of nitrogens with zero attached hydrogens (tertiary/aromatic N) is 1. The Morgan fingerprint density at radius 3 is 2.56 bits per heavy atom. The van der Waals surface area contributed by atoms with Crippen molar-refractivity contribution in [3.8, 4) is 0 Å². The van der Waals surface area contributed by atoms with Gasteiger partial charge in [0.25, 0.3) is 0 Å². The van der Waals surface area contributed by atoms with Crippen LogP contribution in [0, 0.1) is 5.92 Å². The topological polar surface area (TPSA) is 63.7 Å². The van der Waals surface area contributed by atoms with Gasteiger partial charge in [-0.25, -0.2) is 8.42 Å². The number of hydrogen-bond donors (Lipinski definition) is 0. The van der Waals surface area contributed by atoms with Crippen LogP contribution in [-0.4, -0.2) is 57.0 Å². The first-order valence-electron chi connectivity index (χ1n) is 5.52. The summed E-state index contributed by atoms with van der Waals surface area (Å²) in [6, 6.07) is -0.126. The molecule has 0 aromatic carbocycles. The molecule has 0 N–H and O–H groups in total. The lowest BCUT2D eigenvalue weighted by atomic mass is 10.0. The molecule has 0 saturated carbocycles. The van der Waals surface area contributed by atoms with Gasteiger partial charge in [0.2, 0.25) is 5.91 Å². The van der Waals surface area contributed by atoms with E-state index in [9.17, 15) is 13.2 Å². The normalized spacial score (nSPS) is 28.7. The molecule has 16 heavy (non-hydrogen) atoms. The van der Waals surface area contributed by atoms with Crippen LogP contribution >= 0.6 is 0 Å². The maximum atomic E-state index is 11.8. The quantitative estimate of drug-likeness (QED) is 0.685. The Labute approximate surface area is 95.7 Å². The first kappa shape index (κ1) is 11.9. The van der Waals surface area contributed by atoms with Crippen molar-refractivity contribution in [2.24, 2.45) is 5.92 Å². The third-order valence-corrected chi connectivity index (χ3v) is 5.07. The number of carbonyl (C=O) groups excluding carboxylic acids is 1. The van der Waals surface area contributed by atoms with Crippen molar-refractivity contribution in [2.75, 3.05) is 31.8 Å². The largest absolute Gasteiger partial charge is 0.381 e. The molecule has 2 aliphatic heterocycles. The first-order valence-corrected chi connectivity index (χ1v) is 7.34. The van der Waals surface area contributed by atoms with Crippen LogP contribution in [0.15, 0.2) is 0 Å². The van der Waals surface area contributed by atoms with Gasteiger partial charge in [0, 0.05) is 25.4 Å². The smallest absolute Gasteiger partial charge is 0.223 e. The summed E-state index contributed by atoms with van der Waals surface area (Å²) in [6.45, 7) is 1.31. The molecule has 0 spiro atoms. The zero-order valence-electron chi connectivity index (χ0n) is 9.39. The Hall–Kier alpha value is -0.620. The molecule has 92 valence electrons. The predicted octanol–water partition coefficient (Wildman–Crippen LogP) is -0.332. The van der Waals surface area contributed by atoms with E-state index in [0.717, 1.165) is 0 Å². The fourth-order valence-corrected chi connectivity index (χ4v) is 3.85. The molecule has 5 nitrogen and oxygen atoms in total. The van der Waals surface area contributed by atoms with Crippen LogP contribution in [0.3, 0.4) is 0 Å². The van der Waals surface area contributed by atoms with E-state index in [1.54, 1.807) is 11.9 Å². The molecule has 0 bridgehead atoms. The molecule has 0 aliphatic carbocycles. The molecule has 2 fully saturated rings. The molecule has 6 heteroatoms. The molecule has 1 atom stereocenters. The number of rotatable bonds is 3. The van der Waals surface area contributed by atoms with Gasteiger partial charge >= 0.3 is 0 Å². The fourth-order valence-electron chi connectivity index (χ4n) is 2.08. The molecule has 2 heterocycles. The SMILES string of the molecule is CN(C(=O)CC1COC1)C1CCS(=O)(=O)C1. The molecule has 1 amide bonds. The lowest BCUT2D eigenvalue weighted by Gasteiger charge is -2.29. The second-order valence-corrected chi connectivity index (χ2v) is 6.90. The predicted molar refractivity (Wildman–Crippen MR) is 58.8 cm³/mol. The summed E-state index contributed by atoms with van der Waals surface area (Å²) in [5.41, 5.74) is 0. The molecule has 2 saturated heterocycles. The Morgan fingerprint density at radius 1 is 1.44 bits per heavy atom. The number of ether oxygens (including phenoxy) is 1. The highest BCUT2D eigenvalue weighted by atomic mass is 32.2. The summed E-state index contributed by atoms with van der Waals surface area (Å²) in [5.74, 6) is 0.696. The van der Waals surface area contributed by atoms with Gasteiger partial charge in [-0.3, -0.25) is 4.79 Å². The highest BCUT2D eigenvalue weighted by molar-refractivity contribution is 7.91. The Balaban J connectivity index is 1.86. The second kappa shape index (κ2) is 4.33. The van der Waals surface area contributed by atoms with Crippen LogP contribution < -0.4 is 0 Å². The third-order valence-electron chi connectivity index (χ3n) is 3.32. The summed E-state index contributed by atoms with van der Waals surface area (Å²) < 4.78 is 27.6. The van der Waals surface area contributed by atoms with Gasteiger partial charge in [0.05, 0.1) is 24.7 Å². The van der Waals surface area contributed by atoms with E-state index in [2.05, 4.69) is 0 Å². The van der Waals surface area contributed by atoms with E-state index in [1.165, 1.54) is 0 Å². The maximum absolute atomic E-state index is 11.8. The van der Waals surface area contributed by atoms with E-state index in [0.29, 0.717) is 32.0 Å². The summed E-state index contributed by atoms with van der Waals surface area (Å²) in [5, 5.41) is 0. The zero-order valence-corrected chi connectivity index (χ0v) is 10.2. The highest BCUT2D eigenvalue weighted by Crippen LogP contribution is 2.20. The Kier molecular flexibility index (Phi) is 3.21. The van der Waals surface area contributed by atoms with Crippen LogP contribution in [-0.2, 0) is 19.4 Å². The van der Waals surface area contributed by atoms with Crippen molar-refractivity contribution in [1.29, 1.82) is 0 Å². The molecule has 1 unspecified atom stereocenters. The number of carbonyl (C=O) groups is 1. The third kappa shape index (κ3) is 2.55. The molecule has 0 aromatic rings. The summed E-state index contributed by atoms with van der Waals surface area (Å²) >= 11 is 0. The molecular weight excluding hydrogens is 230 g/mol. The molecule has 2 rings (SSSR count). The van der Waals surface area contributed by atoms with E-state index in [4.69, 9.17) is 4.74 Å². The van der Waals surface area contributed by atoms with Gasteiger partial charge in [0.15, 0.2) is 9.84 Å². The van der Waals surface area contributed by atoms with Gasteiger partial charge < -0.3 is 9.64 Å². The minimum Gasteiger partial charge on any atom is -0.381 e.